The molecule has 0 aromatic carbocycles. The molecule has 2 saturated carbocycles. The summed E-state index contributed by atoms with van der Waals surface area (Å²) in [6.07, 6.45) is 12.1. The molecule has 2 fully saturated rings. The zero-order chi connectivity index (χ0) is 12.0. The van der Waals surface area contributed by atoms with E-state index < -0.39 is 0 Å². The zero-order valence-electron chi connectivity index (χ0n) is 11.5. The lowest BCUT2D eigenvalue weighted by Crippen LogP contribution is -2.43. The number of nitrogens with one attached hydrogen (secondary N) is 1. The van der Waals surface area contributed by atoms with Gasteiger partial charge in [0, 0.05) is 6.54 Å². The summed E-state index contributed by atoms with van der Waals surface area (Å²) in [4.78, 5) is 0. The third-order valence-corrected chi connectivity index (χ3v) is 4.21. The molecule has 0 heterocycles. The summed E-state index contributed by atoms with van der Waals surface area (Å²) in [5.74, 6) is 0.890. The first kappa shape index (κ1) is 13.4. The topological polar surface area (TPSA) is 21.3 Å². The Balaban J connectivity index is 1.82. The monoisotopic (exact) mass is 239 g/mol. The van der Waals surface area contributed by atoms with E-state index in [1.165, 1.54) is 57.8 Å². The van der Waals surface area contributed by atoms with Crippen LogP contribution in [0.1, 0.15) is 64.7 Å². The van der Waals surface area contributed by atoms with Crippen molar-refractivity contribution in [3.8, 4) is 0 Å². The molecule has 2 nitrogen and oxygen atoms in total. The maximum absolute atomic E-state index is 6.36. The molecule has 1 N–H and O–H groups in total. The lowest BCUT2D eigenvalue weighted by atomic mass is 9.94. The van der Waals surface area contributed by atoms with Crippen LogP contribution in [0.15, 0.2) is 0 Å². The normalized spacial score (nSPS) is 24.5. The van der Waals surface area contributed by atoms with E-state index in [4.69, 9.17) is 4.74 Å². The van der Waals surface area contributed by atoms with Gasteiger partial charge in [-0.25, -0.2) is 0 Å². The number of rotatable bonds is 7. The van der Waals surface area contributed by atoms with E-state index in [1.807, 2.05) is 0 Å². The molecule has 0 unspecified atom stereocenters. The van der Waals surface area contributed by atoms with Crippen molar-refractivity contribution in [1.29, 1.82) is 0 Å². The highest BCUT2D eigenvalue weighted by atomic mass is 16.5. The number of hydrogen-bond acceptors (Lipinski definition) is 2. The van der Waals surface area contributed by atoms with Crippen LogP contribution in [0.4, 0.5) is 0 Å². The average molecular weight is 239 g/mol. The largest absolute Gasteiger partial charge is 0.373 e. The van der Waals surface area contributed by atoms with E-state index in [9.17, 15) is 0 Å². The first-order chi connectivity index (χ1) is 8.35. The molecule has 2 aliphatic rings. The third kappa shape index (κ3) is 4.59. The van der Waals surface area contributed by atoms with Crippen LogP contribution < -0.4 is 5.32 Å². The van der Waals surface area contributed by atoms with Crippen molar-refractivity contribution in [3.05, 3.63) is 0 Å². The van der Waals surface area contributed by atoms with E-state index in [0.717, 1.165) is 25.6 Å². The summed E-state index contributed by atoms with van der Waals surface area (Å²) < 4.78 is 6.36. The van der Waals surface area contributed by atoms with Crippen molar-refractivity contribution in [2.24, 2.45) is 5.92 Å². The third-order valence-electron chi connectivity index (χ3n) is 4.21. The molecule has 17 heavy (non-hydrogen) atoms. The fraction of sp³-hybridized carbons (Fsp3) is 1.00. The SMILES string of the molecule is CCCNCC1(OCC2CC2)CCCCCC1. The van der Waals surface area contributed by atoms with Crippen LogP contribution in [0.3, 0.4) is 0 Å². The fourth-order valence-corrected chi connectivity index (χ4v) is 2.82. The quantitative estimate of drug-likeness (QED) is 0.542. The predicted octanol–water partition coefficient (Wildman–Crippen LogP) is 3.51. The Morgan fingerprint density at radius 2 is 1.82 bits per heavy atom. The fourth-order valence-electron chi connectivity index (χ4n) is 2.82. The number of hydrogen-bond donors (Lipinski definition) is 1. The van der Waals surface area contributed by atoms with Crippen molar-refractivity contribution < 1.29 is 4.74 Å². The van der Waals surface area contributed by atoms with Crippen LogP contribution in [-0.4, -0.2) is 25.3 Å². The maximum Gasteiger partial charge on any atom is 0.0806 e. The van der Waals surface area contributed by atoms with E-state index in [-0.39, 0.29) is 5.60 Å². The minimum Gasteiger partial charge on any atom is -0.373 e. The van der Waals surface area contributed by atoms with Crippen LogP contribution >= 0.6 is 0 Å². The standard InChI is InChI=1S/C15H29NO/c1-2-11-16-13-15(17-12-14-7-8-14)9-5-3-4-6-10-15/h14,16H,2-13H2,1H3. The Hall–Kier alpha value is -0.0800. The second-order valence-electron chi connectivity index (χ2n) is 6.03. The molecule has 0 atom stereocenters. The van der Waals surface area contributed by atoms with E-state index >= 15 is 0 Å². The molecule has 0 saturated heterocycles. The van der Waals surface area contributed by atoms with Crippen molar-refractivity contribution in [3.63, 3.8) is 0 Å². The summed E-state index contributed by atoms with van der Waals surface area (Å²) >= 11 is 0. The summed E-state index contributed by atoms with van der Waals surface area (Å²) in [6.45, 7) is 5.47. The molecule has 0 bridgehead atoms. The van der Waals surface area contributed by atoms with Gasteiger partial charge in [0.05, 0.1) is 12.2 Å². The minimum atomic E-state index is 0.175. The Morgan fingerprint density at radius 3 is 2.41 bits per heavy atom. The molecule has 2 aliphatic carbocycles. The second-order valence-corrected chi connectivity index (χ2v) is 6.03. The van der Waals surface area contributed by atoms with Gasteiger partial charge in [0.15, 0.2) is 0 Å². The van der Waals surface area contributed by atoms with Gasteiger partial charge in [-0.3, -0.25) is 0 Å². The Bertz CT molecular complexity index is 205. The van der Waals surface area contributed by atoms with E-state index in [0.29, 0.717) is 0 Å². The average Bonchev–Trinajstić information content (AvgIpc) is 3.15. The van der Waals surface area contributed by atoms with Crippen LogP contribution in [0.2, 0.25) is 0 Å². The summed E-state index contributed by atoms with van der Waals surface area (Å²) in [5, 5.41) is 3.59. The van der Waals surface area contributed by atoms with Gasteiger partial charge in [-0.2, -0.15) is 0 Å². The molecule has 2 rings (SSSR count). The summed E-state index contributed by atoms with van der Waals surface area (Å²) in [6, 6.07) is 0. The van der Waals surface area contributed by atoms with Crippen LogP contribution in [0.5, 0.6) is 0 Å². The summed E-state index contributed by atoms with van der Waals surface area (Å²) in [5.41, 5.74) is 0.175. The Labute approximate surface area is 107 Å². The minimum absolute atomic E-state index is 0.175. The van der Waals surface area contributed by atoms with Gasteiger partial charge < -0.3 is 10.1 Å². The van der Waals surface area contributed by atoms with E-state index in [2.05, 4.69) is 12.2 Å². The van der Waals surface area contributed by atoms with Crippen LogP contribution in [0.25, 0.3) is 0 Å². The first-order valence-corrected chi connectivity index (χ1v) is 7.69. The second kappa shape index (κ2) is 6.75. The molecule has 0 aliphatic heterocycles. The van der Waals surface area contributed by atoms with Gasteiger partial charge in [-0.05, 0) is 44.6 Å². The van der Waals surface area contributed by atoms with Crippen molar-refractivity contribution in [2.45, 2.75) is 70.3 Å². The van der Waals surface area contributed by atoms with Crippen molar-refractivity contribution >= 4 is 0 Å². The molecule has 100 valence electrons. The molecule has 0 radical (unpaired) electrons. The van der Waals surface area contributed by atoms with Gasteiger partial charge >= 0.3 is 0 Å². The first-order valence-electron chi connectivity index (χ1n) is 7.69. The number of ether oxygens (including phenoxy) is 1. The van der Waals surface area contributed by atoms with Gasteiger partial charge in [0.25, 0.3) is 0 Å². The van der Waals surface area contributed by atoms with Crippen LogP contribution in [-0.2, 0) is 4.74 Å². The Kier molecular flexibility index (Phi) is 5.30. The molecule has 0 spiro atoms. The predicted molar refractivity (Wildman–Crippen MR) is 72.3 cm³/mol. The maximum atomic E-state index is 6.36. The van der Waals surface area contributed by atoms with Gasteiger partial charge in [0.1, 0.15) is 0 Å². The van der Waals surface area contributed by atoms with E-state index in [1.54, 1.807) is 0 Å². The summed E-state index contributed by atoms with van der Waals surface area (Å²) in [7, 11) is 0. The molecular formula is C15H29NO. The molecule has 2 heteroatoms. The zero-order valence-corrected chi connectivity index (χ0v) is 11.5. The molecule has 0 aromatic rings. The highest BCUT2D eigenvalue weighted by Crippen LogP contribution is 2.35. The highest BCUT2D eigenvalue weighted by Gasteiger charge is 2.33. The lowest BCUT2D eigenvalue weighted by molar-refractivity contribution is -0.0594. The highest BCUT2D eigenvalue weighted by molar-refractivity contribution is 4.87. The smallest absolute Gasteiger partial charge is 0.0806 e. The van der Waals surface area contributed by atoms with Gasteiger partial charge in [-0.1, -0.05) is 32.6 Å². The lowest BCUT2D eigenvalue weighted by Gasteiger charge is -2.33. The van der Waals surface area contributed by atoms with Crippen LogP contribution in [0, 0.1) is 5.92 Å². The van der Waals surface area contributed by atoms with Gasteiger partial charge in [-0.15, -0.1) is 0 Å². The van der Waals surface area contributed by atoms with Gasteiger partial charge in [0.2, 0.25) is 0 Å². The molecule has 0 amide bonds. The van der Waals surface area contributed by atoms with Crippen molar-refractivity contribution in [2.75, 3.05) is 19.7 Å². The molecule has 0 aromatic heterocycles. The molecular weight excluding hydrogens is 210 g/mol. The van der Waals surface area contributed by atoms with Crippen molar-refractivity contribution in [1.82, 2.24) is 5.32 Å². The Morgan fingerprint density at radius 1 is 1.12 bits per heavy atom.